The first-order chi connectivity index (χ1) is 20.2. The lowest BCUT2D eigenvalue weighted by Crippen LogP contribution is -2.36. The van der Waals surface area contributed by atoms with E-state index in [1.54, 1.807) is 12.1 Å². The number of unbranched alkanes of at least 4 members (excludes halogenated alkanes) is 1. The largest absolute Gasteiger partial charge is 0.480 e. The van der Waals surface area contributed by atoms with E-state index in [0.717, 1.165) is 37.2 Å². The minimum absolute atomic E-state index is 0.153. The van der Waals surface area contributed by atoms with Gasteiger partial charge in [-0.05, 0) is 36.2 Å². The summed E-state index contributed by atoms with van der Waals surface area (Å²) in [6.07, 6.45) is 5.41. The number of carbonyl (C=O) groups is 3. The number of nitrogens with zero attached hydrogens (tertiary/aromatic N) is 1. The maximum atomic E-state index is 12.0. The normalized spacial score (nSPS) is 13.5. The summed E-state index contributed by atoms with van der Waals surface area (Å²) < 4.78 is 16.2. The van der Waals surface area contributed by atoms with Gasteiger partial charge >= 0.3 is 5.97 Å². The number of anilines is 4. The lowest BCUT2D eigenvalue weighted by atomic mass is 10.0. The predicted octanol–water partition coefficient (Wildman–Crippen LogP) is 1.68. The molecule has 0 unspecified atom stereocenters. The highest BCUT2D eigenvalue weighted by atomic mass is 16.6. The molecular formula is C29H41N7O6. The average molecular weight is 584 g/mol. The number of nitrogens with two attached hydrogens (primary N) is 4. The topological polar surface area (TPSA) is 210 Å². The monoisotopic (exact) mass is 583 g/mol. The number of primary amides is 2. The van der Waals surface area contributed by atoms with Crippen LogP contribution < -0.4 is 38.3 Å². The molecule has 1 fully saturated rings. The minimum atomic E-state index is -0.675. The van der Waals surface area contributed by atoms with Crippen LogP contribution in [-0.4, -0.2) is 75.3 Å². The van der Waals surface area contributed by atoms with E-state index in [1.807, 2.05) is 19.1 Å². The fourth-order valence-electron chi connectivity index (χ4n) is 4.29. The van der Waals surface area contributed by atoms with Crippen LogP contribution in [0.3, 0.4) is 0 Å². The van der Waals surface area contributed by atoms with E-state index in [1.165, 1.54) is 12.1 Å². The number of esters is 1. The van der Waals surface area contributed by atoms with Gasteiger partial charge in [0.2, 0.25) is 11.8 Å². The second-order valence-corrected chi connectivity index (χ2v) is 9.75. The van der Waals surface area contributed by atoms with Gasteiger partial charge in [0.25, 0.3) is 0 Å². The summed E-state index contributed by atoms with van der Waals surface area (Å²) in [5, 5.41) is 6.49. The zero-order valence-corrected chi connectivity index (χ0v) is 23.9. The Balaban J connectivity index is 1.63. The van der Waals surface area contributed by atoms with Crippen LogP contribution in [0, 0.1) is 0 Å². The molecule has 1 aliphatic rings. The van der Waals surface area contributed by atoms with E-state index in [4.69, 9.17) is 37.1 Å². The highest BCUT2D eigenvalue weighted by Gasteiger charge is 2.17. The lowest BCUT2D eigenvalue weighted by molar-refractivity contribution is -0.146. The van der Waals surface area contributed by atoms with E-state index in [-0.39, 0.29) is 23.6 Å². The molecule has 3 rings (SSSR count). The van der Waals surface area contributed by atoms with Gasteiger partial charge in [0.05, 0.1) is 36.9 Å². The van der Waals surface area contributed by atoms with Crippen LogP contribution in [-0.2, 0) is 20.8 Å². The molecule has 228 valence electrons. The molecule has 1 saturated heterocycles. The quantitative estimate of drug-likeness (QED) is 0.0724. The summed E-state index contributed by atoms with van der Waals surface area (Å²) in [7, 11) is 0. The van der Waals surface area contributed by atoms with Crippen LogP contribution >= 0.6 is 0 Å². The highest BCUT2D eigenvalue weighted by molar-refractivity contribution is 5.96. The maximum Gasteiger partial charge on any atom is 0.344 e. The first-order valence-electron chi connectivity index (χ1n) is 13.9. The van der Waals surface area contributed by atoms with Crippen LogP contribution in [0.4, 0.5) is 22.7 Å². The van der Waals surface area contributed by atoms with Gasteiger partial charge in [-0.1, -0.05) is 25.5 Å². The molecule has 0 radical (unpaired) electrons. The zero-order valence-electron chi connectivity index (χ0n) is 23.9. The number of nitrogen functional groups attached to an aromatic ring is 2. The van der Waals surface area contributed by atoms with E-state index < -0.39 is 17.8 Å². The number of amides is 2. The number of hydrogen-bond acceptors (Lipinski definition) is 11. The number of nitrogens with one attached hydrogen (secondary N) is 2. The molecular weight excluding hydrogens is 542 g/mol. The van der Waals surface area contributed by atoms with Gasteiger partial charge < -0.3 is 47.8 Å². The summed E-state index contributed by atoms with van der Waals surface area (Å²) in [6.45, 7) is 6.21. The number of rotatable bonds is 16. The Kier molecular flexibility index (Phi) is 12.3. The van der Waals surface area contributed by atoms with Crippen molar-refractivity contribution in [2.75, 3.05) is 74.7 Å². The molecule has 0 bridgehead atoms. The van der Waals surface area contributed by atoms with Crippen LogP contribution in [0.15, 0.2) is 36.4 Å². The second-order valence-electron chi connectivity index (χ2n) is 9.75. The number of ether oxygens (including phenoxy) is 3. The molecule has 1 aliphatic heterocycles. The maximum absolute atomic E-state index is 12.0. The fraction of sp³-hybridized carbons (Fsp3) is 0.414. The molecule has 2 amide bonds. The smallest absolute Gasteiger partial charge is 0.344 e. The van der Waals surface area contributed by atoms with Crippen molar-refractivity contribution in [3.8, 4) is 5.75 Å². The Bertz CT molecular complexity index is 1280. The third kappa shape index (κ3) is 9.56. The lowest BCUT2D eigenvalue weighted by Gasteiger charge is -2.28. The number of benzene rings is 2. The molecule has 2 aromatic carbocycles. The van der Waals surface area contributed by atoms with Crippen molar-refractivity contribution in [3.63, 3.8) is 0 Å². The number of hydrogen-bond donors (Lipinski definition) is 6. The third-order valence-corrected chi connectivity index (χ3v) is 6.52. The van der Waals surface area contributed by atoms with Crippen molar-refractivity contribution in [3.05, 3.63) is 53.1 Å². The fourth-order valence-corrected chi connectivity index (χ4v) is 4.29. The van der Waals surface area contributed by atoms with Crippen molar-refractivity contribution in [2.24, 2.45) is 11.5 Å². The molecule has 2 aromatic rings. The first kappa shape index (κ1) is 32.0. The molecule has 0 spiro atoms. The van der Waals surface area contributed by atoms with Gasteiger partial charge in [-0.2, -0.15) is 0 Å². The molecule has 0 atom stereocenters. The summed E-state index contributed by atoms with van der Waals surface area (Å²) in [6, 6.07) is 6.21. The van der Waals surface area contributed by atoms with E-state index in [2.05, 4.69) is 15.5 Å². The van der Waals surface area contributed by atoms with Gasteiger partial charge in [0, 0.05) is 43.9 Å². The summed E-state index contributed by atoms with van der Waals surface area (Å²) in [5.41, 5.74) is 26.6. The Labute approximate surface area is 245 Å². The van der Waals surface area contributed by atoms with Crippen LogP contribution in [0.25, 0.3) is 0 Å². The van der Waals surface area contributed by atoms with Crippen LogP contribution in [0.2, 0.25) is 0 Å². The molecule has 10 N–H and O–H groups in total. The van der Waals surface area contributed by atoms with Gasteiger partial charge in [0.1, 0.15) is 11.4 Å². The van der Waals surface area contributed by atoms with Crippen LogP contribution in [0.5, 0.6) is 5.75 Å². The molecule has 13 nitrogen and oxygen atoms in total. The second kappa shape index (κ2) is 16.1. The summed E-state index contributed by atoms with van der Waals surface area (Å²) in [4.78, 5) is 37.8. The van der Waals surface area contributed by atoms with E-state index in [0.29, 0.717) is 56.4 Å². The van der Waals surface area contributed by atoms with Crippen molar-refractivity contribution in [1.82, 2.24) is 4.90 Å². The summed E-state index contributed by atoms with van der Waals surface area (Å²) in [5.74, 6) is -1.54. The Morgan fingerprint density at radius 1 is 0.929 bits per heavy atom. The third-order valence-electron chi connectivity index (χ3n) is 6.52. The van der Waals surface area contributed by atoms with E-state index >= 15 is 0 Å². The number of carbonyl (C=O) groups excluding carboxylic acids is 3. The Hall–Kier alpha value is -4.49. The Morgan fingerprint density at radius 3 is 2.14 bits per heavy atom. The van der Waals surface area contributed by atoms with Crippen molar-refractivity contribution in [1.29, 1.82) is 0 Å². The molecule has 13 heteroatoms. The molecule has 0 aromatic heterocycles. The molecule has 42 heavy (non-hydrogen) atoms. The van der Waals surface area contributed by atoms with Crippen LogP contribution in [0.1, 0.15) is 46.0 Å². The molecule has 0 saturated carbocycles. The number of morpholine rings is 1. The SMILES string of the molecule is CCCCOC(=O)COc1cc(C(N)=O)cc(N)c1NC/C=C/CNc1c(N)cc(C(N)=O)cc1CN1CCOCC1. The molecule has 0 aliphatic carbocycles. The van der Waals surface area contributed by atoms with Crippen molar-refractivity contribution >= 4 is 40.5 Å². The standard InChI is InChI=1S/C29H41N7O6/c1-2-3-10-41-25(37)18-42-24-16-20(29(33)39)15-23(31)27(24)35-7-5-4-6-34-26-21(17-36-8-11-40-12-9-36)13-19(28(32)38)14-22(26)30/h4-5,13-16,34-35H,2-3,6-12,17-18,30-31H2,1H3,(H2,32,38)(H2,33,39)/b5-4+. The predicted molar refractivity (Wildman–Crippen MR) is 162 cm³/mol. The van der Waals surface area contributed by atoms with Gasteiger partial charge in [-0.25, -0.2) is 4.79 Å². The summed E-state index contributed by atoms with van der Waals surface area (Å²) >= 11 is 0. The van der Waals surface area contributed by atoms with Crippen molar-refractivity contribution in [2.45, 2.75) is 26.3 Å². The first-order valence-corrected chi connectivity index (χ1v) is 13.9. The van der Waals surface area contributed by atoms with Gasteiger partial charge in [-0.3, -0.25) is 14.5 Å². The van der Waals surface area contributed by atoms with Gasteiger partial charge in [-0.15, -0.1) is 0 Å². The minimum Gasteiger partial charge on any atom is -0.480 e. The highest BCUT2D eigenvalue weighted by Crippen LogP contribution is 2.33. The Morgan fingerprint density at radius 2 is 1.52 bits per heavy atom. The van der Waals surface area contributed by atoms with E-state index in [9.17, 15) is 14.4 Å². The zero-order chi connectivity index (χ0) is 30.5. The molecule has 1 heterocycles. The van der Waals surface area contributed by atoms with Crippen molar-refractivity contribution < 1.29 is 28.6 Å². The average Bonchev–Trinajstić information content (AvgIpc) is 2.95. The van der Waals surface area contributed by atoms with Gasteiger partial charge in [0.15, 0.2) is 6.61 Å².